The van der Waals surface area contributed by atoms with Gasteiger partial charge in [0.1, 0.15) is 0 Å². The van der Waals surface area contributed by atoms with Gasteiger partial charge in [0.15, 0.2) is 0 Å². The van der Waals surface area contributed by atoms with E-state index in [2.05, 4.69) is 15.5 Å². The topological polar surface area (TPSA) is 73.9 Å². The number of amides is 3. The van der Waals surface area contributed by atoms with Crippen LogP contribution >= 0.6 is 0 Å². The van der Waals surface area contributed by atoms with Crippen molar-refractivity contribution in [2.75, 3.05) is 50.8 Å². The third-order valence-corrected chi connectivity index (χ3v) is 4.57. The molecule has 2 N–H and O–H groups in total. The minimum atomic E-state index is -0.199. The number of anilines is 1. The Morgan fingerprint density at radius 3 is 2.72 bits per heavy atom. The van der Waals surface area contributed by atoms with Crippen LogP contribution in [-0.2, 0) is 9.53 Å². The van der Waals surface area contributed by atoms with Crippen molar-refractivity contribution in [3.63, 3.8) is 0 Å². The first kappa shape index (κ1) is 17.7. The van der Waals surface area contributed by atoms with E-state index < -0.39 is 0 Å². The first-order valence-electron chi connectivity index (χ1n) is 8.92. The summed E-state index contributed by atoms with van der Waals surface area (Å²) in [5, 5.41) is 5.78. The van der Waals surface area contributed by atoms with Gasteiger partial charge in [-0.1, -0.05) is 18.2 Å². The van der Waals surface area contributed by atoms with Gasteiger partial charge >= 0.3 is 6.03 Å². The van der Waals surface area contributed by atoms with Crippen LogP contribution < -0.4 is 15.5 Å². The van der Waals surface area contributed by atoms with Gasteiger partial charge in [0.2, 0.25) is 5.91 Å². The highest BCUT2D eigenvalue weighted by atomic mass is 16.5. The number of nitrogens with zero attached hydrogens (tertiary/aromatic N) is 2. The Kier molecular flexibility index (Phi) is 6.25. The van der Waals surface area contributed by atoms with Crippen LogP contribution in [0.4, 0.5) is 10.5 Å². The Morgan fingerprint density at radius 2 is 1.96 bits per heavy atom. The summed E-state index contributed by atoms with van der Waals surface area (Å²) < 4.78 is 5.31. The van der Waals surface area contributed by atoms with Crippen molar-refractivity contribution in [1.82, 2.24) is 15.5 Å². The van der Waals surface area contributed by atoms with Gasteiger partial charge in [-0.15, -0.1) is 0 Å². The van der Waals surface area contributed by atoms with Gasteiger partial charge in [-0.25, -0.2) is 4.79 Å². The van der Waals surface area contributed by atoms with E-state index in [0.717, 1.165) is 45.0 Å². The zero-order valence-corrected chi connectivity index (χ0v) is 14.4. The van der Waals surface area contributed by atoms with Crippen molar-refractivity contribution >= 4 is 17.6 Å². The first-order valence-corrected chi connectivity index (χ1v) is 8.92. The molecule has 7 heteroatoms. The van der Waals surface area contributed by atoms with Gasteiger partial charge in [-0.2, -0.15) is 0 Å². The number of hydrogen-bond donors (Lipinski definition) is 2. The lowest BCUT2D eigenvalue weighted by Gasteiger charge is -2.26. The number of para-hydroxylation sites is 1. The molecule has 2 aliphatic rings. The van der Waals surface area contributed by atoms with E-state index in [0.29, 0.717) is 19.5 Å². The number of carbonyl (C=O) groups excluding carboxylic acids is 2. The molecule has 2 saturated heterocycles. The summed E-state index contributed by atoms with van der Waals surface area (Å²) in [5.41, 5.74) is 0.878. The molecule has 0 aromatic heterocycles. The molecule has 0 saturated carbocycles. The summed E-state index contributed by atoms with van der Waals surface area (Å²) in [4.78, 5) is 28.2. The second kappa shape index (κ2) is 8.82. The van der Waals surface area contributed by atoms with Crippen molar-refractivity contribution in [3.8, 4) is 0 Å². The highest BCUT2D eigenvalue weighted by Crippen LogP contribution is 2.20. The fourth-order valence-electron chi connectivity index (χ4n) is 3.23. The molecular weight excluding hydrogens is 320 g/mol. The molecule has 25 heavy (non-hydrogen) atoms. The predicted octanol–water partition coefficient (Wildman–Crippen LogP) is 0.813. The minimum Gasteiger partial charge on any atom is -0.379 e. The second-order valence-corrected chi connectivity index (χ2v) is 6.45. The number of morpholine rings is 1. The first-order chi connectivity index (χ1) is 12.2. The van der Waals surface area contributed by atoms with Crippen LogP contribution in [0.15, 0.2) is 30.3 Å². The van der Waals surface area contributed by atoms with Crippen molar-refractivity contribution in [1.29, 1.82) is 0 Å². The van der Waals surface area contributed by atoms with Crippen LogP contribution in [0.1, 0.15) is 12.8 Å². The predicted molar refractivity (Wildman–Crippen MR) is 95.6 cm³/mol. The number of ether oxygens (including phenoxy) is 1. The van der Waals surface area contributed by atoms with E-state index in [9.17, 15) is 9.59 Å². The highest BCUT2D eigenvalue weighted by molar-refractivity contribution is 5.96. The number of benzene rings is 1. The Hall–Kier alpha value is -2.12. The molecule has 1 aromatic carbocycles. The maximum atomic E-state index is 12.1. The number of carbonyl (C=O) groups is 2. The van der Waals surface area contributed by atoms with Gasteiger partial charge in [-0.05, 0) is 25.1 Å². The maximum Gasteiger partial charge on any atom is 0.315 e. The molecule has 0 spiro atoms. The van der Waals surface area contributed by atoms with Crippen LogP contribution in [0.25, 0.3) is 0 Å². The molecular formula is C18H26N4O3. The highest BCUT2D eigenvalue weighted by Gasteiger charge is 2.31. The molecule has 1 unspecified atom stereocenters. The molecule has 2 aliphatic heterocycles. The average molecular weight is 346 g/mol. The van der Waals surface area contributed by atoms with Gasteiger partial charge < -0.3 is 20.3 Å². The zero-order chi connectivity index (χ0) is 17.5. The van der Waals surface area contributed by atoms with E-state index in [1.807, 2.05) is 30.3 Å². The fourth-order valence-corrected chi connectivity index (χ4v) is 3.23. The van der Waals surface area contributed by atoms with E-state index >= 15 is 0 Å². The van der Waals surface area contributed by atoms with E-state index in [4.69, 9.17) is 4.74 Å². The molecule has 0 bridgehead atoms. The minimum absolute atomic E-state index is 0.0452. The Bertz CT molecular complexity index is 575. The lowest BCUT2D eigenvalue weighted by Crippen LogP contribution is -2.44. The fraction of sp³-hybridized carbons (Fsp3) is 0.556. The van der Waals surface area contributed by atoms with Crippen molar-refractivity contribution in [2.24, 2.45) is 0 Å². The summed E-state index contributed by atoms with van der Waals surface area (Å²) in [6.45, 7) is 5.63. The molecule has 7 nitrogen and oxygen atoms in total. The van der Waals surface area contributed by atoms with E-state index in [1.54, 1.807) is 4.90 Å². The van der Waals surface area contributed by atoms with Crippen LogP contribution in [0.3, 0.4) is 0 Å². The molecule has 3 amide bonds. The molecule has 0 aliphatic carbocycles. The SMILES string of the molecule is O=C(NCCCN1CCOCC1)NC1CC(=O)N(c2ccccc2)C1. The normalized spacial score (nSPS) is 21.4. The van der Waals surface area contributed by atoms with Gasteiger partial charge in [0.05, 0.1) is 19.3 Å². The smallest absolute Gasteiger partial charge is 0.315 e. The monoisotopic (exact) mass is 346 g/mol. The Balaban J connectivity index is 1.35. The summed E-state index contributed by atoms with van der Waals surface area (Å²) >= 11 is 0. The quantitative estimate of drug-likeness (QED) is 0.748. The lowest BCUT2D eigenvalue weighted by molar-refractivity contribution is -0.117. The molecule has 136 valence electrons. The van der Waals surface area contributed by atoms with Crippen molar-refractivity contribution < 1.29 is 14.3 Å². The standard InChI is InChI=1S/C18H26N4O3/c23-17-13-15(14-22(17)16-5-2-1-3-6-16)20-18(24)19-7-4-8-21-9-11-25-12-10-21/h1-3,5-6,15H,4,7-14H2,(H2,19,20,24). The Morgan fingerprint density at radius 1 is 1.20 bits per heavy atom. The van der Waals surface area contributed by atoms with Crippen LogP contribution in [0, 0.1) is 0 Å². The number of nitrogens with one attached hydrogen (secondary N) is 2. The third kappa shape index (κ3) is 5.17. The second-order valence-electron chi connectivity index (χ2n) is 6.45. The lowest BCUT2D eigenvalue weighted by atomic mass is 10.2. The average Bonchev–Trinajstić information content (AvgIpc) is 3.00. The van der Waals surface area contributed by atoms with Crippen LogP contribution in [0.2, 0.25) is 0 Å². The molecule has 2 fully saturated rings. The van der Waals surface area contributed by atoms with Crippen LogP contribution in [-0.4, -0.2) is 68.8 Å². The van der Waals surface area contributed by atoms with Crippen molar-refractivity contribution in [2.45, 2.75) is 18.9 Å². The molecule has 3 rings (SSSR count). The zero-order valence-electron chi connectivity index (χ0n) is 14.4. The summed E-state index contributed by atoms with van der Waals surface area (Å²) in [6.07, 6.45) is 1.25. The maximum absolute atomic E-state index is 12.1. The molecule has 2 heterocycles. The number of hydrogen-bond acceptors (Lipinski definition) is 4. The van der Waals surface area contributed by atoms with Crippen molar-refractivity contribution in [3.05, 3.63) is 30.3 Å². The molecule has 1 atom stereocenters. The van der Waals surface area contributed by atoms with Gasteiger partial charge in [-0.3, -0.25) is 9.69 Å². The number of rotatable bonds is 6. The summed E-state index contributed by atoms with van der Waals surface area (Å²) in [7, 11) is 0. The van der Waals surface area contributed by atoms with Gasteiger partial charge in [0, 0.05) is 38.3 Å². The van der Waals surface area contributed by atoms with E-state index in [-0.39, 0.29) is 18.0 Å². The Labute approximate surface area is 148 Å². The number of urea groups is 1. The van der Waals surface area contributed by atoms with Gasteiger partial charge in [0.25, 0.3) is 0 Å². The third-order valence-electron chi connectivity index (χ3n) is 4.57. The molecule has 0 radical (unpaired) electrons. The summed E-state index contributed by atoms with van der Waals surface area (Å²) in [6, 6.07) is 9.21. The largest absolute Gasteiger partial charge is 0.379 e. The van der Waals surface area contributed by atoms with Crippen LogP contribution in [0.5, 0.6) is 0 Å². The summed E-state index contributed by atoms with van der Waals surface area (Å²) in [5.74, 6) is 0.0452. The molecule has 1 aromatic rings. The van der Waals surface area contributed by atoms with E-state index in [1.165, 1.54) is 0 Å².